The summed E-state index contributed by atoms with van der Waals surface area (Å²) < 4.78 is 0. The molecule has 0 aliphatic rings. The fraction of sp³-hybridized carbons (Fsp3) is 1.00. The van der Waals surface area contributed by atoms with Gasteiger partial charge in [0.25, 0.3) is 0 Å². The Hall–Kier alpha value is 0.415. The molecule has 0 fully saturated rings. The van der Waals surface area contributed by atoms with Gasteiger partial charge in [0, 0.05) is 0 Å². The van der Waals surface area contributed by atoms with Crippen molar-refractivity contribution in [1.82, 2.24) is 0 Å². The van der Waals surface area contributed by atoms with Gasteiger partial charge in [0.2, 0.25) is 0 Å². The maximum atomic E-state index is 8.47. The molecular weight excluding hydrogens is 146 g/mol. The van der Waals surface area contributed by atoms with Crippen LogP contribution in [0.1, 0.15) is 26.2 Å². The van der Waals surface area contributed by atoms with Gasteiger partial charge in [-0.1, -0.05) is 19.8 Å². The molecule has 0 saturated heterocycles. The molecule has 0 aromatic rings. The topological polar surface area (TPSA) is 40.5 Å². The van der Waals surface area contributed by atoms with Gasteiger partial charge in [-0.15, -0.1) is 8.58 Å². The van der Waals surface area contributed by atoms with E-state index in [2.05, 4.69) is 6.92 Å². The quantitative estimate of drug-likeness (QED) is 0.345. The molecule has 0 saturated carbocycles. The lowest BCUT2D eigenvalue weighted by molar-refractivity contribution is 0.415. The van der Waals surface area contributed by atoms with E-state index in [1.54, 1.807) is 0 Å². The number of hydrogen-bond donors (Lipinski definition) is 2. The van der Waals surface area contributed by atoms with E-state index in [1.807, 2.05) is 0 Å². The molecule has 0 radical (unpaired) electrons. The number of unbranched alkanes of at least 4 members (excludes halogenated alkanes) is 2. The van der Waals surface area contributed by atoms with E-state index in [0.29, 0.717) is 6.06 Å². The first-order valence-corrected chi connectivity index (χ1v) is 5.25. The van der Waals surface area contributed by atoms with Crippen molar-refractivity contribution in [1.29, 1.82) is 0 Å². The highest BCUT2D eigenvalue weighted by molar-refractivity contribution is 7.40. The van der Waals surface area contributed by atoms with Gasteiger partial charge in [-0.05, 0) is 18.6 Å². The summed E-state index contributed by atoms with van der Waals surface area (Å²) in [6.45, 7) is 2.17. The predicted octanol–water partition coefficient (Wildman–Crippen LogP) is 0.867. The zero-order chi connectivity index (χ0) is 7.82. The van der Waals surface area contributed by atoms with Crippen LogP contribution < -0.4 is 0 Å². The monoisotopic (exact) mass is 162 g/mol. The largest absolute Gasteiger partial charge is 0.455 e. The maximum Gasteiger partial charge on any atom is 0.455 e. The smallest absolute Gasteiger partial charge is 0.427 e. The molecule has 0 aromatic carbocycles. The third-order valence-corrected chi connectivity index (χ3v) is 2.64. The van der Waals surface area contributed by atoms with Crippen molar-refractivity contribution in [3.8, 4) is 0 Å². The van der Waals surface area contributed by atoms with E-state index < -0.39 is 7.12 Å². The number of hydrogen-bond acceptors (Lipinski definition) is 2. The Bertz CT molecular complexity index is 70.8. The first kappa shape index (κ1) is 10.4. The standard InChI is InChI=1S/C6H16BO2P/c1-2-3-4-5-10-6-7(8)9/h8-10H,2-6H2,1H3. The lowest BCUT2D eigenvalue weighted by Crippen LogP contribution is -2.13. The second kappa shape index (κ2) is 7.52. The van der Waals surface area contributed by atoms with Crippen molar-refractivity contribution in [2.45, 2.75) is 26.2 Å². The van der Waals surface area contributed by atoms with Crippen LogP contribution in [0.5, 0.6) is 0 Å². The van der Waals surface area contributed by atoms with E-state index in [9.17, 15) is 0 Å². The van der Waals surface area contributed by atoms with E-state index >= 15 is 0 Å². The average molecular weight is 162 g/mol. The Balaban J connectivity index is 2.77. The van der Waals surface area contributed by atoms with Crippen LogP contribution in [-0.4, -0.2) is 29.4 Å². The summed E-state index contributed by atoms with van der Waals surface area (Å²) in [4.78, 5) is 0. The zero-order valence-corrected chi connectivity index (χ0v) is 7.51. The SMILES string of the molecule is CCCCCPCB(O)O. The Morgan fingerprint density at radius 3 is 2.50 bits per heavy atom. The molecule has 0 aromatic heterocycles. The third-order valence-electron chi connectivity index (χ3n) is 1.28. The molecule has 0 spiro atoms. The Kier molecular flexibility index (Phi) is 7.83. The van der Waals surface area contributed by atoms with Crippen molar-refractivity contribution in [2.24, 2.45) is 0 Å². The molecule has 0 aliphatic heterocycles. The molecule has 1 atom stereocenters. The van der Waals surface area contributed by atoms with Gasteiger partial charge < -0.3 is 10.0 Å². The highest BCUT2D eigenvalue weighted by Crippen LogP contribution is 2.12. The summed E-state index contributed by atoms with van der Waals surface area (Å²) in [6.07, 6.45) is 4.91. The van der Waals surface area contributed by atoms with Gasteiger partial charge in [0.15, 0.2) is 0 Å². The van der Waals surface area contributed by atoms with Crippen LogP contribution in [0.15, 0.2) is 0 Å². The summed E-state index contributed by atoms with van der Waals surface area (Å²) in [5, 5.41) is 16.9. The fourth-order valence-corrected chi connectivity index (χ4v) is 1.69. The van der Waals surface area contributed by atoms with Crippen LogP contribution >= 0.6 is 8.58 Å². The molecule has 2 nitrogen and oxygen atoms in total. The second-order valence-electron chi connectivity index (χ2n) is 2.39. The fourth-order valence-electron chi connectivity index (χ4n) is 0.731. The lowest BCUT2D eigenvalue weighted by Gasteiger charge is -1.98. The van der Waals surface area contributed by atoms with Crippen molar-refractivity contribution in [2.75, 3.05) is 12.2 Å². The number of rotatable bonds is 6. The summed E-state index contributed by atoms with van der Waals surface area (Å²) in [7, 11) is -0.361. The van der Waals surface area contributed by atoms with Crippen molar-refractivity contribution in [3.63, 3.8) is 0 Å². The first-order valence-electron chi connectivity index (χ1n) is 3.84. The van der Waals surface area contributed by atoms with Crippen LogP contribution in [-0.2, 0) is 0 Å². The minimum absolute atomic E-state index is 0.559. The minimum Gasteiger partial charge on any atom is -0.427 e. The molecule has 1 unspecified atom stereocenters. The Morgan fingerprint density at radius 2 is 2.00 bits per heavy atom. The molecule has 4 heteroatoms. The van der Waals surface area contributed by atoms with E-state index in [-0.39, 0.29) is 0 Å². The lowest BCUT2D eigenvalue weighted by atomic mass is 9.98. The van der Waals surface area contributed by atoms with Crippen molar-refractivity contribution >= 4 is 15.7 Å². The highest BCUT2D eigenvalue weighted by Gasteiger charge is 2.03. The molecule has 2 N–H and O–H groups in total. The third kappa shape index (κ3) is 8.41. The van der Waals surface area contributed by atoms with E-state index in [4.69, 9.17) is 10.0 Å². The van der Waals surface area contributed by atoms with Gasteiger partial charge in [-0.2, -0.15) is 0 Å². The molecular formula is C6H16BO2P. The Morgan fingerprint density at radius 1 is 1.30 bits per heavy atom. The molecule has 0 amide bonds. The molecule has 0 aliphatic carbocycles. The summed E-state index contributed by atoms with van der Waals surface area (Å²) in [6, 6.07) is 0.559. The summed E-state index contributed by atoms with van der Waals surface area (Å²) >= 11 is 0. The average Bonchev–Trinajstić information content (AvgIpc) is 1.87. The molecule has 10 heavy (non-hydrogen) atoms. The minimum atomic E-state index is -1.08. The van der Waals surface area contributed by atoms with Gasteiger partial charge in [0.05, 0.1) is 0 Å². The Labute approximate surface area is 65.0 Å². The molecule has 0 rings (SSSR count). The van der Waals surface area contributed by atoms with Crippen molar-refractivity contribution < 1.29 is 10.0 Å². The van der Waals surface area contributed by atoms with E-state index in [1.165, 1.54) is 19.3 Å². The highest BCUT2D eigenvalue weighted by atomic mass is 31.1. The normalized spacial score (nSPS) is 11.1. The van der Waals surface area contributed by atoms with Crippen molar-refractivity contribution in [3.05, 3.63) is 0 Å². The van der Waals surface area contributed by atoms with Crippen LogP contribution in [0.3, 0.4) is 0 Å². The van der Waals surface area contributed by atoms with Crippen LogP contribution in [0.2, 0.25) is 0 Å². The van der Waals surface area contributed by atoms with Crippen LogP contribution in [0.4, 0.5) is 0 Å². The molecule has 60 valence electrons. The van der Waals surface area contributed by atoms with Crippen LogP contribution in [0.25, 0.3) is 0 Å². The molecule has 0 bridgehead atoms. The predicted molar refractivity (Wildman–Crippen MR) is 47.8 cm³/mol. The first-order chi connectivity index (χ1) is 4.77. The van der Waals surface area contributed by atoms with Gasteiger partial charge >= 0.3 is 7.12 Å². The van der Waals surface area contributed by atoms with Gasteiger partial charge in [0.1, 0.15) is 0 Å². The van der Waals surface area contributed by atoms with E-state index in [0.717, 1.165) is 14.7 Å². The van der Waals surface area contributed by atoms with Gasteiger partial charge in [-0.3, -0.25) is 0 Å². The second-order valence-corrected chi connectivity index (χ2v) is 3.80. The van der Waals surface area contributed by atoms with Gasteiger partial charge in [-0.25, -0.2) is 0 Å². The summed E-state index contributed by atoms with van der Waals surface area (Å²) in [5.41, 5.74) is 0. The molecule has 0 heterocycles. The summed E-state index contributed by atoms with van der Waals surface area (Å²) in [5.74, 6) is 0. The van der Waals surface area contributed by atoms with Crippen LogP contribution in [0, 0.1) is 0 Å². The maximum absolute atomic E-state index is 8.47. The zero-order valence-electron chi connectivity index (χ0n) is 6.51.